The molecule has 20 valence electrons. The minimum Gasteiger partial charge on any atom is 0 e. The Hall–Kier alpha value is 2.01. The van der Waals surface area contributed by atoms with E-state index in [-0.39, 0.29) is 67.8 Å². The summed E-state index contributed by atoms with van der Waals surface area (Å²) in [5, 5.41) is 0. The molecule has 0 spiro atoms. The average molecular weight is 204 g/mol. The molecule has 0 N–H and O–H groups in total. The third-order valence-electron chi connectivity index (χ3n) is 0. The molecule has 0 bridgehead atoms. The van der Waals surface area contributed by atoms with Gasteiger partial charge in [0.1, 0.15) is 0 Å². The van der Waals surface area contributed by atoms with Crippen LogP contribution in [0.1, 0.15) is 0 Å². The SMILES string of the molecule is [Al].[Fe].[Nb].[Si]. The van der Waals surface area contributed by atoms with Crippen LogP contribution in [-0.2, 0) is 39.4 Å². The van der Waals surface area contributed by atoms with Crippen molar-refractivity contribution < 1.29 is 39.4 Å². The largest absolute Gasteiger partial charge is 0 e. The van der Waals surface area contributed by atoms with E-state index in [2.05, 4.69) is 0 Å². The van der Waals surface area contributed by atoms with Gasteiger partial charge in [-0.25, -0.2) is 0 Å². The topological polar surface area (TPSA) is 0 Å². The molecule has 0 aromatic rings. The third-order valence-corrected chi connectivity index (χ3v) is 0. The van der Waals surface area contributed by atoms with E-state index in [9.17, 15) is 0 Å². The van der Waals surface area contributed by atoms with E-state index >= 15 is 0 Å². The molecule has 0 atom stereocenters. The normalized spacial score (nSPS) is 0. The fourth-order valence-electron chi connectivity index (χ4n) is 0. The Balaban J connectivity index is 0. The van der Waals surface area contributed by atoms with Crippen LogP contribution >= 0.6 is 0 Å². The van der Waals surface area contributed by atoms with E-state index in [4.69, 9.17) is 0 Å². The molecule has 0 rings (SSSR count). The molecule has 0 aromatic carbocycles. The standard InChI is InChI=1S/Al.Fe.Nb.Si. The molecule has 0 saturated heterocycles. The van der Waals surface area contributed by atoms with Gasteiger partial charge in [0.15, 0.2) is 0 Å². The molecule has 0 amide bonds. The summed E-state index contributed by atoms with van der Waals surface area (Å²) in [6.45, 7) is 0. The van der Waals surface area contributed by atoms with E-state index < -0.39 is 0 Å². The van der Waals surface area contributed by atoms with Crippen molar-refractivity contribution in [3.05, 3.63) is 0 Å². The molecule has 0 aliphatic carbocycles. The second-order valence-electron chi connectivity index (χ2n) is 0. The van der Waals surface area contributed by atoms with Gasteiger partial charge in [-0.3, -0.25) is 0 Å². The predicted octanol–water partition coefficient (Wildman–Crippen LogP) is -0.767. The van der Waals surface area contributed by atoms with E-state index in [0.29, 0.717) is 0 Å². The number of hydrogen-bond acceptors (Lipinski definition) is 0. The van der Waals surface area contributed by atoms with Crippen molar-refractivity contribution >= 4 is 28.3 Å². The Labute approximate surface area is 67.2 Å². The minimum atomic E-state index is 0. The fraction of sp³-hybridized carbons (Fsp3) is 0. The molecular weight excluding hydrogens is 204 g/mol. The van der Waals surface area contributed by atoms with Gasteiger partial charge in [0.2, 0.25) is 0 Å². The quantitative estimate of drug-likeness (QED) is 0.454. The van der Waals surface area contributed by atoms with Crippen molar-refractivity contribution in [2.24, 2.45) is 0 Å². The zero-order valence-corrected chi connectivity index (χ0v) is 7.34. The first kappa shape index (κ1) is 37.4. The maximum Gasteiger partial charge on any atom is 0 e. The Morgan fingerprint density at radius 3 is 1.00 bits per heavy atom. The van der Waals surface area contributed by atoms with Gasteiger partial charge in [-0.15, -0.1) is 0 Å². The van der Waals surface area contributed by atoms with Crippen molar-refractivity contribution in [3.8, 4) is 0 Å². The summed E-state index contributed by atoms with van der Waals surface area (Å²) in [6, 6.07) is 0. The van der Waals surface area contributed by atoms with Crippen molar-refractivity contribution in [3.63, 3.8) is 0 Å². The molecule has 0 saturated carbocycles. The Bertz CT molecular complexity index is 8.00. The van der Waals surface area contributed by atoms with Gasteiger partial charge in [-0.1, -0.05) is 0 Å². The van der Waals surface area contributed by atoms with Crippen LogP contribution < -0.4 is 0 Å². The van der Waals surface area contributed by atoms with Gasteiger partial charge < -0.3 is 0 Å². The summed E-state index contributed by atoms with van der Waals surface area (Å²) in [5.74, 6) is 0. The third kappa shape index (κ3) is 8.99. The zero-order valence-electron chi connectivity index (χ0n) is 1.88. The van der Waals surface area contributed by atoms with Crippen LogP contribution in [0, 0.1) is 0 Å². The molecule has 8 radical (unpaired) electrons. The van der Waals surface area contributed by atoms with E-state index in [1.807, 2.05) is 0 Å². The van der Waals surface area contributed by atoms with Crippen LogP contribution in [0.3, 0.4) is 0 Å². The van der Waals surface area contributed by atoms with Gasteiger partial charge in [0.05, 0.1) is 0 Å². The van der Waals surface area contributed by atoms with Gasteiger partial charge in [0.25, 0.3) is 0 Å². The van der Waals surface area contributed by atoms with Gasteiger partial charge in [-0.05, 0) is 0 Å². The van der Waals surface area contributed by atoms with Crippen molar-refractivity contribution in [2.75, 3.05) is 0 Å². The second kappa shape index (κ2) is 19.9. The molecule has 0 fully saturated rings. The second-order valence-corrected chi connectivity index (χ2v) is 0. The first-order valence-electron chi connectivity index (χ1n) is 0. The van der Waals surface area contributed by atoms with Crippen LogP contribution in [0.15, 0.2) is 0 Å². The van der Waals surface area contributed by atoms with Gasteiger partial charge in [-0.2, -0.15) is 0 Å². The molecule has 0 aliphatic heterocycles. The molecule has 0 nitrogen and oxygen atoms in total. The molecule has 0 heterocycles. The van der Waals surface area contributed by atoms with Crippen molar-refractivity contribution in [2.45, 2.75) is 0 Å². The fourth-order valence-corrected chi connectivity index (χ4v) is 0. The zero-order chi connectivity index (χ0) is 0. The van der Waals surface area contributed by atoms with Gasteiger partial charge >= 0.3 is 0 Å². The summed E-state index contributed by atoms with van der Waals surface area (Å²) in [5.41, 5.74) is 0. The Morgan fingerprint density at radius 1 is 1.00 bits per heavy atom. The number of hydrogen-bond donors (Lipinski definition) is 0. The molecule has 4 heavy (non-hydrogen) atoms. The smallest absolute Gasteiger partial charge is 0 e. The van der Waals surface area contributed by atoms with E-state index in [1.165, 1.54) is 0 Å². The predicted molar refractivity (Wildman–Crippen MR) is 11.5 cm³/mol. The van der Waals surface area contributed by atoms with Crippen LogP contribution in [0.25, 0.3) is 0 Å². The molecule has 0 aromatic heterocycles. The van der Waals surface area contributed by atoms with Crippen LogP contribution in [-0.4, -0.2) is 28.3 Å². The Kier molecular flexibility index (Phi) is 186. The van der Waals surface area contributed by atoms with Crippen LogP contribution in [0.4, 0.5) is 0 Å². The molecular formula is AlFeNbSi. The minimum absolute atomic E-state index is 0. The summed E-state index contributed by atoms with van der Waals surface area (Å²) in [6.07, 6.45) is 0. The summed E-state index contributed by atoms with van der Waals surface area (Å²) >= 11 is 0. The van der Waals surface area contributed by atoms with Crippen molar-refractivity contribution in [1.82, 2.24) is 0 Å². The summed E-state index contributed by atoms with van der Waals surface area (Å²) < 4.78 is 0. The first-order valence-corrected chi connectivity index (χ1v) is 0. The maximum absolute atomic E-state index is 0. The maximum atomic E-state index is 0. The van der Waals surface area contributed by atoms with E-state index in [0.717, 1.165) is 0 Å². The van der Waals surface area contributed by atoms with Crippen LogP contribution in [0.5, 0.6) is 0 Å². The Morgan fingerprint density at radius 2 is 1.00 bits per heavy atom. The summed E-state index contributed by atoms with van der Waals surface area (Å²) in [7, 11) is 0. The molecule has 0 aliphatic rings. The number of rotatable bonds is 0. The molecule has 0 unspecified atom stereocenters. The summed E-state index contributed by atoms with van der Waals surface area (Å²) in [4.78, 5) is 0. The van der Waals surface area contributed by atoms with E-state index in [1.54, 1.807) is 0 Å². The van der Waals surface area contributed by atoms with Gasteiger partial charge in [0, 0.05) is 67.8 Å². The average Bonchev–Trinajstić information content (AvgIpc) is 0. The molecule has 4 heteroatoms. The van der Waals surface area contributed by atoms with Crippen molar-refractivity contribution in [1.29, 1.82) is 0 Å². The van der Waals surface area contributed by atoms with Crippen LogP contribution in [0.2, 0.25) is 0 Å². The first-order chi connectivity index (χ1) is 0. The monoisotopic (exact) mass is 204 g/mol.